The van der Waals surface area contributed by atoms with Crippen molar-refractivity contribution in [3.8, 4) is 34.4 Å². The van der Waals surface area contributed by atoms with Gasteiger partial charge < -0.3 is 30.5 Å². The van der Waals surface area contributed by atoms with Crippen LogP contribution in [0.1, 0.15) is 15.9 Å². The van der Waals surface area contributed by atoms with E-state index < -0.39 is 0 Å². The lowest BCUT2D eigenvalue weighted by Crippen LogP contribution is -1.83. The Hall–Kier alpha value is -7.32. The van der Waals surface area contributed by atoms with Gasteiger partial charge in [-0.05, 0) is 127 Å². The Kier molecular flexibility index (Phi) is 17.4. The van der Waals surface area contributed by atoms with Crippen molar-refractivity contribution in [1.82, 2.24) is 9.97 Å². The number of phenolic OH excluding ortho intramolecular Hbond substituents is 2. The number of nitrogens with two attached hydrogens (primary N) is 2. The van der Waals surface area contributed by atoms with Gasteiger partial charge >= 0.3 is 0 Å². The summed E-state index contributed by atoms with van der Waals surface area (Å²) in [6, 6.07) is 59.6. The highest BCUT2D eigenvalue weighted by molar-refractivity contribution is 9.11. The normalized spacial score (nSPS) is 10.3. The van der Waals surface area contributed by atoms with Gasteiger partial charge in [0.2, 0.25) is 11.8 Å². The van der Waals surface area contributed by atoms with Crippen molar-refractivity contribution in [2.45, 2.75) is 0 Å². The largest absolute Gasteiger partial charge is 0.506 e. The van der Waals surface area contributed by atoms with E-state index >= 15 is 0 Å². The maximum Gasteiger partial charge on any atom is 0.227 e. The lowest BCUT2D eigenvalue weighted by atomic mass is 10.2. The molecule has 10 nitrogen and oxygen atoms in total. The smallest absolute Gasteiger partial charge is 0.227 e. The van der Waals surface area contributed by atoms with E-state index in [9.17, 15) is 9.90 Å². The molecule has 10 rings (SSSR count). The number of carbonyl (C=O) groups is 1. The third-order valence-corrected chi connectivity index (χ3v) is 10.5. The van der Waals surface area contributed by atoms with Crippen LogP contribution in [0.4, 0.5) is 17.1 Å². The van der Waals surface area contributed by atoms with Crippen molar-refractivity contribution in [3.05, 3.63) is 219 Å². The molecule has 0 saturated carbocycles. The first-order valence-electron chi connectivity index (χ1n) is 19.7. The monoisotopic (exact) mass is 1050 g/mol. The van der Waals surface area contributed by atoms with Crippen molar-refractivity contribution in [2.75, 3.05) is 11.5 Å². The van der Waals surface area contributed by atoms with Crippen LogP contribution in [0.3, 0.4) is 0 Å². The van der Waals surface area contributed by atoms with Crippen LogP contribution in [0.25, 0.3) is 45.1 Å². The lowest BCUT2D eigenvalue weighted by Gasteiger charge is -1.97. The zero-order chi connectivity index (χ0) is 46.0. The Morgan fingerprint density at radius 3 is 1.34 bits per heavy atom. The summed E-state index contributed by atoms with van der Waals surface area (Å²) in [5.74, 6) is 1.62. The number of hydrogen-bond acceptors (Lipinski definition) is 10. The summed E-state index contributed by atoms with van der Waals surface area (Å²) in [4.78, 5) is 23.2. The molecule has 0 aliphatic rings. The molecule has 0 bridgehead atoms. The number of aromatic hydroxyl groups is 2. The van der Waals surface area contributed by atoms with Crippen molar-refractivity contribution in [1.29, 1.82) is 0 Å². The number of nitrogen functional groups attached to an aromatic ring is 2. The molecule has 2 aromatic heterocycles. The molecule has 0 radical (unpaired) electrons. The summed E-state index contributed by atoms with van der Waals surface area (Å²) in [6.07, 6.45) is 2.55. The van der Waals surface area contributed by atoms with Crippen LogP contribution < -0.4 is 11.5 Å². The van der Waals surface area contributed by atoms with E-state index in [4.69, 9.17) is 25.4 Å². The van der Waals surface area contributed by atoms with Crippen LogP contribution in [-0.2, 0) is 0 Å². The minimum Gasteiger partial charge on any atom is -0.506 e. The summed E-state index contributed by atoms with van der Waals surface area (Å²) in [7, 11) is 0. The predicted molar refractivity (Wildman–Crippen MR) is 273 cm³/mol. The summed E-state index contributed by atoms with van der Waals surface area (Å²) >= 11 is 10.0. The van der Waals surface area contributed by atoms with Crippen LogP contribution in [-0.4, -0.2) is 32.7 Å². The molecule has 0 amide bonds. The van der Waals surface area contributed by atoms with Gasteiger partial charge in [0.25, 0.3) is 0 Å². The maximum atomic E-state index is 10.1. The van der Waals surface area contributed by atoms with E-state index in [-0.39, 0.29) is 11.5 Å². The minimum absolute atomic E-state index is 0.146. The van der Waals surface area contributed by atoms with Crippen molar-refractivity contribution < 1.29 is 23.8 Å². The van der Waals surface area contributed by atoms with Gasteiger partial charge in [0.1, 0.15) is 34.5 Å². The number of nitrogens with zero attached hydrogens (tertiary/aromatic N) is 3. The molecule has 8 aromatic carbocycles. The molecule has 65 heavy (non-hydrogen) atoms. The number of hydrogen-bond donors (Lipinski definition) is 4. The van der Waals surface area contributed by atoms with Gasteiger partial charge in [0.05, 0.1) is 5.69 Å². The second-order valence-electron chi connectivity index (χ2n) is 13.6. The number of anilines is 2. The third-order valence-electron chi connectivity index (χ3n) is 8.88. The fraction of sp³-hybridized carbons (Fsp3) is 0. The molecular formula is C52H40Br3N5O5. The fourth-order valence-electron chi connectivity index (χ4n) is 5.50. The number of aliphatic imine (C=N–C) groups is 1. The molecule has 0 saturated heterocycles. The standard InChI is InChI=1S/C13H8BrNO.C13H10BrNO.C13H10N2O.C7H5BrO.C6H7NO/c14-10-7-5-9(6-8-10)13-15-11-3-1-2-4-12(11)16-13;14-11-7-5-10(6-8-11)9-15-12-3-1-2-4-13(12)16;14-10-7-5-9(6-8-10)13-15-11-3-1-2-4-12(11)16-13;8-7-3-1-6(5-9)2-4-7;7-5-3-1-2-4-6(5)8/h1-8H;1-9,16H;1-8H,14H2;1-5H;1-4,8H,7H2. The van der Waals surface area contributed by atoms with Crippen LogP contribution in [0.2, 0.25) is 0 Å². The summed E-state index contributed by atoms with van der Waals surface area (Å²) in [5.41, 5.74) is 19.6. The van der Waals surface area contributed by atoms with E-state index in [1.165, 1.54) is 0 Å². The number of para-hydroxylation sites is 8. The molecule has 2 heterocycles. The third kappa shape index (κ3) is 14.6. The van der Waals surface area contributed by atoms with Gasteiger partial charge in [-0.25, -0.2) is 9.97 Å². The van der Waals surface area contributed by atoms with Gasteiger partial charge in [-0.15, -0.1) is 0 Å². The zero-order valence-electron chi connectivity index (χ0n) is 34.4. The SMILES string of the molecule is Brc1ccc(-c2nc3ccccc3o2)cc1.Nc1ccc(-c2nc3ccccc3o2)cc1.Nc1ccccc1O.O=Cc1ccc(Br)cc1.Oc1ccccc1N=Cc1ccc(Br)cc1. The molecule has 0 fully saturated rings. The highest BCUT2D eigenvalue weighted by Gasteiger charge is 2.08. The Balaban J connectivity index is 0.000000138. The molecule has 13 heteroatoms. The first-order valence-corrected chi connectivity index (χ1v) is 22.1. The number of phenols is 2. The van der Waals surface area contributed by atoms with Crippen LogP contribution >= 0.6 is 47.8 Å². The molecular weight excluding hydrogens is 1010 g/mol. The number of benzene rings is 8. The molecule has 0 aliphatic carbocycles. The summed E-state index contributed by atoms with van der Waals surface area (Å²) in [6.45, 7) is 0. The fourth-order valence-corrected chi connectivity index (χ4v) is 6.30. The van der Waals surface area contributed by atoms with E-state index in [0.717, 1.165) is 64.3 Å². The second kappa shape index (κ2) is 23.9. The van der Waals surface area contributed by atoms with Gasteiger partial charge in [0, 0.05) is 42.0 Å². The molecule has 0 spiro atoms. The predicted octanol–water partition coefficient (Wildman–Crippen LogP) is 14.5. The molecule has 324 valence electrons. The van der Waals surface area contributed by atoms with Gasteiger partial charge in [0.15, 0.2) is 11.2 Å². The number of fused-ring (bicyclic) bond motifs is 2. The Morgan fingerprint density at radius 1 is 0.477 bits per heavy atom. The molecule has 0 atom stereocenters. The van der Waals surface area contributed by atoms with Gasteiger partial charge in [-0.1, -0.05) is 121 Å². The molecule has 6 N–H and O–H groups in total. The Bertz CT molecular complexity index is 2880. The number of aldehydes is 1. The summed E-state index contributed by atoms with van der Waals surface area (Å²) in [5, 5.41) is 18.3. The quantitative estimate of drug-likeness (QED) is 0.0566. The molecule has 0 aliphatic heterocycles. The average molecular weight is 1050 g/mol. The number of rotatable bonds is 5. The highest BCUT2D eigenvalue weighted by atomic mass is 79.9. The van der Waals surface area contributed by atoms with E-state index in [2.05, 4.69) is 62.8 Å². The van der Waals surface area contributed by atoms with Crippen LogP contribution in [0.5, 0.6) is 11.5 Å². The average Bonchev–Trinajstić information content (AvgIpc) is 3.97. The number of aromatic nitrogens is 2. The van der Waals surface area contributed by atoms with Crippen molar-refractivity contribution in [3.63, 3.8) is 0 Å². The van der Waals surface area contributed by atoms with E-state index in [0.29, 0.717) is 28.7 Å². The van der Waals surface area contributed by atoms with Gasteiger partial charge in [-0.3, -0.25) is 9.79 Å². The first kappa shape index (κ1) is 47.2. The lowest BCUT2D eigenvalue weighted by molar-refractivity contribution is 0.112. The van der Waals surface area contributed by atoms with Crippen molar-refractivity contribution in [2.24, 2.45) is 4.99 Å². The molecule has 10 aromatic rings. The molecule has 0 unspecified atom stereocenters. The van der Waals surface area contributed by atoms with Crippen LogP contribution in [0.15, 0.2) is 221 Å². The Morgan fingerprint density at radius 2 is 0.892 bits per heavy atom. The van der Waals surface area contributed by atoms with Crippen molar-refractivity contribution >= 4 is 99.6 Å². The first-order chi connectivity index (χ1) is 31.5. The van der Waals surface area contributed by atoms with E-state index in [1.807, 2.05) is 140 Å². The highest BCUT2D eigenvalue weighted by Crippen LogP contribution is 2.27. The Labute approximate surface area is 400 Å². The second-order valence-corrected chi connectivity index (χ2v) is 16.4. The zero-order valence-corrected chi connectivity index (χ0v) is 39.1. The topological polar surface area (TPSA) is 174 Å². The van der Waals surface area contributed by atoms with Crippen LogP contribution in [0, 0.1) is 0 Å². The van der Waals surface area contributed by atoms with Gasteiger partial charge in [-0.2, -0.15) is 0 Å². The number of carbonyl (C=O) groups excluding carboxylic acids is 1. The maximum absolute atomic E-state index is 10.1. The number of oxazole rings is 2. The van der Waals surface area contributed by atoms with E-state index in [1.54, 1.807) is 60.8 Å². The number of halogens is 3. The summed E-state index contributed by atoms with van der Waals surface area (Å²) < 4.78 is 14.4. The minimum atomic E-state index is 0.146.